The van der Waals surface area contributed by atoms with Gasteiger partial charge in [0.05, 0.1) is 34.1 Å². The highest BCUT2D eigenvalue weighted by molar-refractivity contribution is 7.90. The number of aliphatic hydroxyl groups excluding tert-OH is 3. The van der Waals surface area contributed by atoms with E-state index in [9.17, 15) is 40.6 Å². The number of aliphatic hydroxyl groups is 3. The molecule has 112 heavy (non-hydrogen) atoms. The van der Waals surface area contributed by atoms with Gasteiger partial charge in [-0.15, -0.1) is 0 Å². The van der Waals surface area contributed by atoms with Crippen LogP contribution >= 0.6 is 0 Å². The largest absolute Gasteiger partial charge is 0.393 e. The summed E-state index contributed by atoms with van der Waals surface area (Å²) in [6.45, 7) is 18.3. The number of piperidine rings is 4. The number of nitrogens with one attached hydrogen (secondary N) is 3. The Morgan fingerprint density at radius 1 is 0.366 bits per heavy atom. The van der Waals surface area contributed by atoms with Crippen LogP contribution in [0.25, 0.3) is 33.1 Å². The molecule has 0 amide bonds. The molecule has 5 aliphatic carbocycles. The van der Waals surface area contributed by atoms with E-state index >= 15 is 0 Å². The number of nitrogens with zero attached hydrogens (tertiary/aromatic N) is 13. The summed E-state index contributed by atoms with van der Waals surface area (Å²) >= 11 is 0. The zero-order valence-corrected chi connectivity index (χ0v) is 71.0. The monoisotopic (exact) mass is 1610 g/mol. The van der Waals surface area contributed by atoms with Gasteiger partial charge in [-0.3, -0.25) is 0 Å². The Morgan fingerprint density at radius 2 is 0.625 bits per heavy atom. The lowest BCUT2D eigenvalue weighted by molar-refractivity contribution is 0.111. The summed E-state index contributed by atoms with van der Waals surface area (Å²) in [7, 11) is -7.59. The van der Waals surface area contributed by atoms with Crippen molar-refractivity contribution in [1.29, 1.82) is 0 Å². The minimum Gasteiger partial charge on any atom is -0.393 e. The van der Waals surface area contributed by atoms with Crippen molar-refractivity contribution >= 4 is 81.0 Å². The molecule has 10 heterocycles. The molecule has 0 spiro atoms. The van der Waals surface area contributed by atoms with Gasteiger partial charge in [0, 0.05) is 129 Å². The zero-order valence-electron chi connectivity index (χ0n) is 68.6. The maximum atomic E-state index is 13.4. The molecule has 0 aromatic carbocycles. The third kappa shape index (κ3) is 20.1. The van der Waals surface area contributed by atoms with E-state index in [0.717, 1.165) is 277 Å². The van der Waals surface area contributed by atoms with Gasteiger partial charge < -0.3 is 49.9 Å². The van der Waals surface area contributed by atoms with Crippen LogP contribution in [0.15, 0.2) is 37.2 Å². The lowest BCUT2D eigenvalue weighted by Crippen LogP contribution is -2.46. The van der Waals surface area contributed by atoms with E-state index in [-0.39, 0.29) is 34.1 Å². The summed E-state index contributed by atoms with van der Waals surface area (Å²) in [4.78, 5) is 31.3. The van der Waals surface area contributed by atoms with E-state index in [1.54, 1.807) is 12.9 Å². The fourth-order valence-electron chi connectivity index (χ4n) is 20.3. The number of sulfonamides is 3. The highest BCUT2D eigenvalue weighted by Crippen LogP contribution is 2.45. The Bertz CT molecular complexity index is 4150. The molecule has 9 fully saturated rings. The van der Waals surface area contributed by atoms with Crippen LogP contribution in [0.5, 0.6) is 0 Å². The molecule has 6 aromatic heterocycles. The van der Waals surface area contributed by atoms with Crippen LogP contribution in [-0.4, -0.2) is 214 Å². The van der Waals surface area contributed by atoms with Crippen molar-refractivity contribution in [3.8, 4) is 0 Å². The average molecular weight is 1610 g/mol. The van der Waals surface area contributed by atoms with Gasteiger partial charge in [0.2, 0.25) is 47.9 Å². The third-order valence-corrected chi connectivity index (χ3v) is 34.3. The number of aromatic nitrogens is 9. The highest BCUT2D eigenvalue weighted by Gasteiger charge is 2.41. The number of rotatable bonds is 24. The minimum atomic E-state index is -3.25. The quantitative estimate of drug-likeness (QED) is 0.0328. The summed E-state index contributed by atoms with van der Waals surface area (Å²) in [5.41, 5.74) is 6.65. The molecule has 3 atom stereocenters. The maximum absolute atomic E-state index is 13.4. The van der Waals surface area contributed by atoms with E-state index in [2.05, 4.69) is 112 Å². The molecule has 624 valence electrons. The van der Waals surface area contributed by atoms with Crippen LogP contribution in [-0.2, 0) is 30.1 Å². The predicted octanol–water partition coefficient (Wildman–Crippen LogP) is 14.8. The van der Waals surface area contributed by atoms with Gasteiger partial charge in [0.1, 0.15) is 16.9 Å². The van der Waals surface area contributed by atoms with Crippen LogP contribution in [0, 0.1) is 0 Å². The van der Waals surface area contributed by atoms with Gasteiger partial charge in [0.15, 0.2) is 0 Å². The van der Waals surface area contributed by atoms with Crippen LogP contribution < -0.4 is 16.0 Å². The van der Waals surface area contributed by atoms with Crippen molar-refractivity contribution in [3.05, 3.63) is 53.9 Å². The molecule has 0 radical (unpaired) electrons. The summed E-state index contributed by atoms with van der Waals surface area (Å²) in [5.74, 6) is 2.90. The Hall–Kier alpha value is -5.17. The molecule has 6 aromatic rings. The smallest absolute Gasteiger partial charge is 0.224 e. The SMILES string of the molecule is CCC[C@H](C)Nc1ncc2c(C3CCN(S(=O)(=O)C4CCCCC4)CC3)cn(C3CCC(O)CC3)c2n1.CCC[C@H](C)Nc1ncc2c(C3CCN(S(=O)(=O)C4CCCCC4)CC3)cn(C3CCC(O)CC3)c2n1.CCC[C@H](C)Nc1ncc2c(C3CCN(S(=O)(=O)C4CCN(C)CC4)CC3)cn(C3CCC(O)CC3)c2n1. The molecule has 9 aliphatic rings. The standard InChI is InChI=1S/C28H46N6O3S.2C28H45N5O3S/c1-4-5-20(2)30-28-29-18-25-26(19-34(27(25)31-28)22-6-8-23(35)9-7-22)21-10-16-33(17-11-21)38(36,37)24-12-14-32(3)15-13-24;2*1-3-7-20(2)30-28-29-18-25-26(19-33(27(25)31-28)22-10-12-23(34)13-11-22)21-14-16-32(17-15-21)37(35,36)24-8-5-4-6-9-24/h18-24,35H,4-17H2,1-3H3,(H,29,30,31);2*18-24,34H,3-17H2,1-2H3,(H,29,30,31)/t3*20-,22?,23?/m000/s1. The first-order chi connectivity index (χ1) is 54.0. The normalized spacial score (nSPS) is 26.0. The summed E-state index contributed by atoms with van der Waals surface area (Å²) in [6, 6.07) is 1.89. The van der Waals surface area contributed by atoms with Gasteiger partial charge in [-0.1, -0.05) is 78.6 Å². The Balaban J connectivity index is 0.000000147. The second-order valence-electron chi connectivity index (χ2n) is 35.3. The van der Waals surface area contributed by atoms with Gasteiger partial charge in [-0.05, 0) is 249 Å². The van der Waals surface area contributed by atoms with Crippen molar-refractivity contribution in [2.75, 3.05) is 75.4 Å². The van der Waals surface area contributed by atoms with E-state index < -0.39 is 30.1 Å². The second-order valence-corrected chi connectivity index (χ2v) is 42.0. The van der Waals surface area contributed by atoms with Crippen LogP contribution in [0.1, 0.15) is 325 Å². The molecule has 0 bridgehead atoms. The molecule has 4 saturated heterocycles. The molecule has 4 aliphatic heterocycles. The Morgan fingerprint density at radius 3 is 0.884 bits per heavy atom. The molecule has 5 saturated carbocycles. The fraction of sp³-hybridized carbons (Fsp3) is 0.786. The maximum Gasteiger partial charge on any atom is 0.224 e. The lowest BCUT2D eigenvalue weighted by Gasteiger charge is -2.36. The molecule has 6 N–H and O–H groups in total. The van der Waals surface area contributed by atoms with E-state index in [0.29, 0.717) is 111 Å². The van der Waals surface area contributed by atoms with Crippen molar-refractivity contribution < 1.29 is 40.6 Å². The Labute approximate surface area is 669 Å². The molecular weight excluding hydrogens is 1470 g/mol. The number of likely N-dealkylation sites (tertiary alicyclic amines) is 1. The number of fused-ring (bicyclic) bond motifs is 3. The lowest BCUT2D eigenvalue weighted by atomic mass is 9.90. The predicted molar refractivity (Wildman–Crippen MR) is 449 cm³/mol. The number of anilines is 3. The van der Waals surface area contributed by atoms with Gasteiger partial charge in [-0.25, -0.2) is 53.1 Å². The zero-order chi connectivity index (χ0) is 78.8. The van der Waals surface area contributed by atoms with Crippen LogP contribution in [0.2, 0.25) is 0 Å². The van der Waals surface area contributed by atoms with Gasteiger partial charge >= 0.3 is 0 Å². The van der Waals surface area contributed by atoms with Gasteiger partial charge in [-0.2, -0.15) is 15.0 Å². The van der Waals surface area contributed by atoms with E-state index in [1.165, 1.54) is 16.7 Å². The fourth-order valence-corrected chi connectivity index (χ4v) is 26.4. The summed E-state index contributed by atoms with van der Waals surface area (Å²) in [6.07, 6.45) is 45.4. The molecule has 28 heteroatoms. The summed E-state index contributed by atoms with van der Waals surface area (Å²) < 4.78 is 92.2. The average Bonchev–Trinajstić information content (AvgIpc) is 1.62. The first-order valence-corrected chi connectivity index (χ1v) is 48.6. The Kier molecular flexibility index (Phi) is 29.1. The van der Waals surface area contributed by atoms with Crippen molar-refractivity contribution in [2.24, 2.45) is 0 Å². The van der Waals surface area contributed by atoms with Crippen molar-refractivity contribution in [1.82, 2.24) is 61.4 Å². The van der Waals surface area contributed by atoms with Crippen LogP contribution in [0.4, 0.5) is 17.8 Å². The van der Waals surface area contributed by atoms with Gasteiger partial charge in [0.25, 0.3) is 0 Å². The topological polar surface area (TPSA) is 304 Å². The highest BCUT2D eigenvalue weighted by atomic mass is 32.2. The second kappa shape index (κ2) is 38.5. The molecular formula is C84H136N16O9S3. The molecule has 15 rings (SSSR count). The first kappa shape index (κ1) is 84.7. The van der Waals surface area contributed by atoms with Crippen molar-refractivity contribution in [3.63, 3.8) is 0 Å². The minimum absolute atomic E-state index is 0.184. The number of hydrogen-bond acceptors (Lipinski definition) is 19. The molecule has 25 nitrogen and oxygen atoms in total. The third-order valence-electron chi connectivity index (χ3n) is 27.1. The van der Waals surface area contributed by atoms with E-state index in [4.69, 9.17) is 19.9 Å². The number of hydrogen-bond donors (Lipinski definition) is 6. The van der Waals surface area contributed by atoms with Crippen LogP contribution in [0.3, 0.4) is 0 Å². The molecule has 0 unspecified atom stereocenters. The van der Waals surface area contributed by atoms with Crippen molar-refractivity contribution in [2.45, 2.75) is 361 Å². The van der Waals surface area contributed by atoms with E-state index in [1.807, 2.05) is 18.6 Å². The summed E-state index contributed by atoms with van der Waals surface area (Å²) in [5, 5.41) is 43.3. The first-order valence-electron chi connectivity index (χ1n) is 44.1.